The van der Waals surface area contributed by atoms with Crippen LogP contribution in [-0.2, 0) is 14.9 Å². The van der Waals surface area contributed by atoms with E-state index in [2.05, 4.69) is 0 Å². The highest BCUT2D eigenvalue weighted by molar-refractivity contribution is 7.89. The van der Waals surface area contributed by atoms with Crippen molar-refractivity contribution in [1.29, 1.82) is 0 Å². The van der Waals surface area contributed by atoms with E-state index in [9.17, 15) is 22.9 Å². The zero-order valence-electron chi connectivity index (χ0n) is 12.1. The molecule has 118 valence electrons. The summed E-state index contributed by atoms with van der Waals surface area (Å²) in [7, 11) is -3.35. The molecule has 0 bridgehead atoms. The van der Waals surface area contributed by atoms with E-state index in [-0.39, 0.29) is 5.76 Å². The second kappa shape index (κ2) is 5.68. The van der Waals surface area contributed by atoms with Gasteiger partial charge in [0.1, 0.15) is 16.3 Å². The third-order valence-corrected chi connectivity index (χ3v) is 4.69. The van der Waals surface area contributed by atoms with Crippen molar-refractivity contribution in [1.82, 2.24) is 0 Å². The Balaban J connectivity index is 2.52. The van der Waals surface area contributed by atoms with Crippen LogP contribution in [-0.4, -0.2) is 36.6 Å². The minimum absolute atomic E-state index is 0.319. The van der Waals surface area contributed by atoms with Gasteiger partial charge < -0.3 is 9.84 Å². The van der Waals surface area contributed by atoms with Crippen LogP contribution in [0.4, 0.5) is 0 Å². The van der Waals surface area contributed by atoms with Crippen LogP contribution in [0, 0.1) is 5.92 Å². The minimum atomic E-state index is -4.59. The molecule has 1 aliphatic rings. The van der Waals surface area contributed by atoms with E-state index in [1.165, 1.54) is 14.0 Å². The molecule has 2 rings (SSSR count). The Morgan fingerprint density at radius 1 is 1.27 bits per heavy atom. The molecule has 2 unspecified atom stereocenters. The van der Waals surface area contributed by atoms with E-state index in [1.54, 1.807) is 30.3 Å². The molecule has 1 aromatic rings. The number of rotatable bonds is 4. The predicted octanol–water partition coefficient (Wildman–Crippen LogP) is 2.12. The molecule has 0 saturated carbocycles. The number of hydrogen-bond acceptors (Lipinski definition) is 5. The van der Waals surface area contributed by atoms with Crippen molar-refractivity contribution < 1.29 is 27.6 Å². The lowest BCUT2D eigenvalue weighted by Gasteiger charge is -2.31. The summed E-state index contributed by atoms with van der Waals surface area (Å²) in [4.78, 5) is 11.9. The summed E-state index contributed by atoms with van der Waals surface area (Å²) in [6.45, 7) is 1.37. The van der Waals surface area contributed by atoms with Gasteiger partial charge in [0.25, 0.3) is 10.1 Å². The molecule has 0 amide bonds. The Bertz CT molecular complexity index is 747. The smallest absolute Gasteiger partial charge is 0.293 e. The van der Waals surface area contributed by atoms with E-state index in [1.807, 2.05) is 0 Å². The summed E-state index contributed by atoms with van der Waals surface area (Å²) in [5, 5.41) is 10.1. The van der Waals surface area contributed by atoms with Crippen molar-refractivity contribution in [3.05, 3.63) is 58.7 Å². The molecule has 7 heteroatoms. The van der Waals surface area contributed by atoms with Gasteiger partial charge in [-0.05, 0) is 19.1 Å². The van der Waals surface area contributed by atoms with Gasteiger partial charge in [0.2, 0.25) is 0 Å². The number of ether oxygens (including phenoxy) is 1. The van der Waals surface area contributed by atoms with E-state index < -0.39 is 32.3 Å². The first-order valence-electron chi connectivity index (χ1n) is 6.45. The third-order valence-electron chi connectivity index (χ3n) is 3.59. The number of ketones is 1. The Morgan fingerprint density at radius 2 is 1.86 bits per heavy atom. The zero-order chi connectivity index (χ0) is 16.5. The molecule has 1 aromatic carbocycles. The first-order valence-corrected chi connectivity index (χ1v) is 7.89. The number of benzene rings is 1. The maximum atomic E-state index is 12.4. The lowest BCUT2D eigenvalue weighted by atomic mass is 9.87. The average molecular weight is 324 g/mol. The zero-order valence-corrected chi connectivity index (χ0v) is 12.9. The molecular formula is C15H16O6S. The monoisotopic (exact) mass is 324 g/mol. The standard InChI is InChI=1S/C15H16O6S/c1-15(21-2)9-12(16)11(8-13(15)22(18,19)20)14(17)10-6-4-3-5-7-10/h3-9,11,16H,1-2H3,(H,18,19,20). The van der Waals surface area contributed by atoms with Crippen molar-refractivity contribution in [2.24, 2.45) is 5.92 Å². The molecule has 0 saturated heterocycles. The third kappa shape index (κ3) is 2.96. The maximum Gasteiger partial charge on any atom is 0.293 e. The van der Waals surface area contributed by atoms with Crippen molar-refractivity contribution in [3.63, 3.8) is 0 Å². The number of hydrogen-bond donors (Lipinski definition) is 2. The van der Waals surface area contributed by atoms with Crippen LogP contribution in [0.15, 0.2) is 53.1 Å². The molecule has 2 atom stereocenters. The molecule has 0 fully saturated rings. The van der Waals surface area contributed by atoms with Gasteiger partial charge in [0, 0.05) is 12.7 Å². The molecule has 0 radical (unpaired) electrons. The molecule has 22 heavy (non-hydrogen) atoms. The minimum Gasteiger partial charge on any atom is -0.511 e. The largest absolute Gasteiger partial charge is 0.511 e. The van der Waals surface area contributed by atoms with Crippen LogP contribution in [0.3, 0.4) is 0 Å². The number of carbonyl (C=O) groups excluding carboxylic acids is 1. The van der Waals surface area contributed by atoms with Crippen LogP contribution >= 0.6 is 0 Å². The normalized spacial score (nSPS) is 25.3. The van der Waals surface area contributed by atoms with Crippen LogP contribution in [0.5, 0.6) is 0 Å². The SMILES string of the molecule is COC1(C)C=C(O)C(C(=O)c2ccccc2)C=C1S(=O)(=O)O. The highest BCUT2D eigenvalue weighted by Gasteiger charge is 2.42. The number of Topliss-reactive ketones (excluding diaryl/α,β-unsaturated/α-hetero) is 1. The first-order chi connectivity index (χ1) is 10.2. The average Bonchev–Trinajstić information content (AvgIpc) is 2.46. The number of methoxy groups -OCH3 is 1. The second-order valence-electron chi connectivity index (χ2n) is 5.09. The summed E-state index contributed by atoms with van der Waals surface area (Å²) < 4.78 is 37.5. The molecular weight excluding hydrogens is 308 g/mol. The van der Waals surface area contributed by atoms with E-state index in [0.29, 0.717) is 5.56 Å². The predicted molar refractivity (Wildman–Crippen MR) is 80.0 cm³/mol. The second-order valence-corrected chi connectivity index (χ2v) is 6.48. The molecule has 0 aliphatic heterocycles. The van der Waals surface area contributed by atoms with Gasteiger partial charge in [0.05, 0.1) is 5.92 Å². The van der Waals surface area contributed by atoms with Crippen molar-refractivity contribution in [2.75, 3.05) is 7.11 Å². The fourth-order valence-corrected chi connectivity index (χ4v) is 3.30. The molecule has 2 N–H and O–H groups in total. The summed E-state index contributed by atoms with van der Waals surface area (Å²) in [5.41, 5.74) is -1.22. The summed E-state index contributed by atoms with van der Waals surface area (Å²) in [6, 6.07) is 8.16. The van der Waals surface area contributed by atoms with Crippen LogP contribution in [0.1, 0.15) is 17.3 Å². The fourth-order valence-electron chi connectivity index (χ4n) is 2.34. The van der Waals surface area contributed by atoms with Crippen molar-refractivity contribution in [3.8, 4) is 0 Å². The molecule has 0 aromatic heterocycles. The first kappa shape index (κ1) is 16.4. The number of allylic oxidation sites excluding steroid dienone is 1. The maximum absolute atomic E-state index is 12.4. The highest BCUT2D eigenvalue weighted by atomic mass is 32.2. The molecule has 0 spiro atoms. The lowest BCUT2D eigenvalue weighted by molar-refractivity contribution is 0.0751. The van der Waals surface area contributed by atoms with Crippen molar-refractivity contribution in [2.45, 2.75) is 12.5 Å². The Hall–Kier alpha value is -1.96. The number of carbonyl (C=O) groups is 1. The Morgan fingerprint density at radius 3 is 2.36 bits per heavy atom. The molecule has 0 heterocycles. The summed E-state index contributed by atoms with van der Waals surface area (Å²) in [6.07, 6.45) is 2.13. The summed E-state index contributed by atoms with van der Waals surface area (Å²) in [5.74, 6) is -2.00. The van der Waals surface area contributed by atoms with E-state index >= 15 is 0 Å². The van der Waals surface area contributed by atoms with E-state index in [4.69, 9.17) is 4.74 Å². The summed E-state index contributed by atoms with van der Waals surface area (Å²) >= 11 is 0. The van der Waals surface area contributed by atoms with Gasteiger partial charge in [-0.2, -0.15) is 8.42 Å². The van der Waals surface area contributed by atoms with Crippen LogP contribution < -0.4 is 0 Å². The van der Waals surface area contributed by atoms with Crippen LogP contribution in [0.25, 0.3) is 0 Å². The quantitative estimate of drug-likeness (QED) is 0.650. The van der Waals surface area contributed by atoms with E-state index in [0.717, 1.165) is 12.2 Å². The Labute approximate surface area is 128 Å². The van der Waals surface area contributed by atoms with Crippen LogP contribution in [0.2, 0.25) is 0 Å². The van der Waals surface area contributed by atoms with Gasteiger partial charge >= 0.3 is 0 Å². The highest BCUT2D eigenvalue weighted by Crippen LogP contribution is 2.36. The fraction of sp³-hybridized carbons (Fsp3) is 0.267. The number of aliphatic hydroxyl groups is 1. The van der Waals surface area contributed by atoms with Gasteiger partial charge in [0.15, 0.2) is 5.78 Å². The van der Waals surface area contributed by atoms with Gasteiger partial charge in [-0.3, -0.25) is 9.35 Å². The van der Waals surface area contributed by atoms with Gasteiger partial charge in [-0.15, -0.1) is 0 Å². The lowest BCUT2D eigenvalue weighted by Crippen LogP contribution is -2.37. The molecule has 6 nitrogen and oxygen atoms in total. The van der Waals surface area contributed by atoms with Gasteiger partial charge in [-0.1, -0.05) is 30.3 Å². The van der Waals surface area contributed by atoms with Gasteiger partial charge in [-0.25, -0.2) is 0 Å². The number of aliphatic hydroxyl groups excluding tert-OH is 1. The molecule has 1 aliphatic carbocycles. The topological polar surface area (TPSA) is 101 Å². The van der Waals surface area contributed by atoms with Crippen molar-refractivity contribution >= 4 is 15.9 Å². The Kier molecular flexibility index (Phi) is 4.23.